The van der Waals surface area contributed by atoms with E-state index in [0.717, 1.165) is 22.4 Å². The molecule has 0 saturated heterocycles. The summed E-state index contributed by atoms with van der Waals surface area (Å²) in [6, 6.07) is 16.5. The molecule has 186 valence electrons. The highest BCUT2D eigenvalue weighted by atomic mass is 16.5. The number of carbonyl (C=O) groups excluding carboxylic acids is 1. The number of hydrogen-bond acceptors (Lipinski definition) is 6. The highest BCUT2D eigenvalue weighted by Crippen LogP contribution is 2.15. The molecule has 0 aliphatic rings. The maximum absolute atomic E-state index is 13.5. The van der Waals surface area contributed by atoms with Gasteiger partial charge in [-0.25, -0.2) is 4.98 Å². The molecule has 37 heavy (non-hydrogen) atoms. The third-order valence-corrected chi connectivity index (χ3v) is 6.34. The number of amides is 1. The Bertz CT molecular complexity index is 1720. The lowest BCUT2D eigenvalue weighted by molar-refractivity contribution is 0.0948. The van der Waals surface area contributed by atoms with E-state index in [4.69, 9.17) is 15.1 Å². The Morgan fingerprint density at radius 2 is 1.89 bits per heavy atom. The quantitative estimate of drug-likeness (QED) is 0.338. The van der Waals surface area contributed by atoms with Crippen molar-refractivity contribution < 1.29 is 9.53 Å². The maximum atomic E-state index is 13.5. The molecule has 1 amide bonds. The smallest absolute Gasteiger partial charge is 0.267 e. The van der Waals surface area contributed by atoms with E-state index in [1.54, 1.807) is 42.4 Å². The van der Waals surface area contributed by atoms with Crippen molar-refractivity contribution in [3.8, 4) is 5.75 Å². The minimum absolute atomic E-state index is 0.00506. The molecule has 0 radical (unpaired) electrons. The largest absolute Gasteiger partial charge is 0.497 e. The Morgan fingerprint density at radius 3 is 2.62 bits per heavy atom. The van der Waals surface area contributed by atoms with E-state index < -0.39 is 5.91 Å². The summed E-state index contributed by atoms with van der Waals surface area (Å²) in [6.45, 7) is 2.50. The van der Waals surface area contributed by atoms with Gasteiger partial charge in [-0.05, 0) is 60.4 Å². The number of carbonyl (C=O) groups is 1. The van der Waals surface area contributed by atoms with Crippen LogP contribution in [-0.4, -0.2) is 32.0 Å². The summed E-state index contributed by atoms with van der Waals surface area (Å²) < 4.78 is 8.36. The molecule has 5 rings (SSSR count). The minimum atomic E-state index is -0.442. The second kappa shape index (κ2) is 10.1. The molecular formula is C28H26N6O3. The Labute approximate surface area is 212 Å². The predicted octanol–water partition coefficient (Wildman–Crippen LogP) is 3.01. The van der Waals surface area contributed by atoms with Crippen LogP contribution in [0.15, 0.2) is 78.0 Å². The molecule has 0 spiro atoms. The lowest BCUT2D eigenvalue weighted by Gasteiger charge is -2.15. The first-order chi connectivity index (χ1) is 18.0. The van der Waals surface area contributed by atoms with E-state index in [1.807, 2.05) is 43.3 Å². The van der Waals surface area contributed by atoms with Gasteiger partial charge in [-0.15, -0.1) is 0 Å². The summed E-state index contributed by atoms with van der Waals surface area (Å²) in [7, 11) is 1.62. The third-order valence-electron chi connectivity index (χ3n) is 6.34. The Morgan fingerprint density at radius 1 is 1.08 bits per heavy atom. The van der Waals surface area contributed by atoms with E-state index in [2.05, 4.69) is 10.3 Å². The van der Waals surface area contributed by atoms with Crippen LogP contribution in [0.5, 0.6) is 5.75 Å². The highest BCUT2D eigenvalue weighted by Gasteiger charge is 2.18. The second-order valence-corrected chi connectivity index (χ2v) is 8.74. The number of hydrogen-bond donors (Lipinski definition) is 2. The average Bonchev–Trinajstić information content (AvgIpc) is 2.92. The van der Waals surface area contributed by atoms with Crippen molar-refractivity contribution in [2.24, 2.45) is 0 Å². The van der Waals surface area contributed by atoms with Crippen molar-refractivity contribution in [1.82, 2.24) is 24.3 Å². The van der Waals surface area contributed by atoms with Gasteiger partial charge in [-0.3, -0.25) is 24.4 Å². The monoisotopic (exact) mass is 494 g/mol. The van der Waals surface area contributed by atoms with Gasteiger partial charge in [0.15, 0.2) is 0 Å². The molecule has 5 aromatic rings. The Hall–Kier alpha value is -4.79. The number of ether oxygens (including phenoxy) is 1. The number of methoxy groups -OCH3 is 1. The molecule has 4 heterocycles. The van der Waals surface area contributed by atoms with Gasteiger partial charge in [0.25, 0.3) is 11.5 Å². The van der Waals surface area contributed by atoms with Crippen molar-refractivity contribution in [3.05, 3.63) is 111 Å². The molecule has 9 nitrogen and oxygen atoms in total. The van der Waals surface area contributed by atoms with Gasteiger partial charge in [0.2, 0.25) is 0 Å². The van der Waals surface area contributed by atoms with Crippen LogP contribution >= 0.6 is 0 Å². The molecule has 0 fully saturated rings. The van der Waals surface area contributed by atoms with Gasteiger partial charge in [-0.1, -0.05) is 24.3 Å². The molecule has 0 atom stereocenters. The van der Waals surface area contributed by atoms with Crippen LogP contribution in [-0.2, 0) is 19.5 Å². The number of benzene rings is 1. The van der Waals surface area contributed by atoms with Crippen LogP contribution in [0.2, 0.25) is 0 Å². The summed E-state index contributed by atoms with van der Waals surface area (Å²) in [4.78, 5) is 35.5. The fraction of sp³-hybridized carbons (Fsp3) is 0.179. The molecule has 0 aliphatic carbocycles. The molecule has 0 saturated carbocycles. The molecule has 0 aliphatic heterocycles. The van der Waals surface area contributed by atoms with Crippen LogP contribution in [0.4, 0.5) is 0 Å². The SMILES string of the molecule is COc1ccc(CCn2c(=N)c(C(=O)NCc3cccnc3)cc3c(=O)n4cccc(C)c4nc32)cc1. The number of pyridine rings is 3. The Kier molecular flexibility index (Phi) is 6.51. The van der Waals surface area contributed by atoms with Crippen molar-refractivity contribution in [1.29, 1.82) is 5.41 Å². The van der Waals surface area contributed by atoms with E-state index >= 15 is 0 Å². The Balaban J connectivity index is 1.61. The van der Waals surface area contributed by atoms with Gasteiger partial charge >= 0.3 is 0 Å². The average molecular weight is 495 g/mol. The summed E-state index contributed by atoms with van der Waals surface area (Å²) in [5, 5.41) is 12.0. The number of rotatable bonds is 7. The number of fused-ring (bicyclic) bond motifs is 2. The van der Waals surface area contributed by atoms with Gasteiger partial charge in [0.1, 0.15) is 22.5 Å². The van der Waals surface area contributed by atoms with Crippen molar-refractivity contribution >= 4 is 22.6 Å². The normalized spacial score (nSPS) is 11.1. The van der Waals surface area contributed by atoms with E-state index in [9.17, 15) is 9.59 Å². The lowest BCUT2D eigenvalue weighted by Crippen LogP contribution is -2.35. The zero-order valence-corrected chi connectivity index (χ0v) is 20.6. The zero-order chi connectivity index (χ0) is 25.9. The zero-order valence-electron chi connectivity index (χ0n) is 20.6. The summed E-state index contributed by atoms with van der Waals surface area (Å²) in [5.41, 5.74) is 3.41. The van der Waals surface area contributed by atoms with E-state index in [0.29, 0.717) is 24.3 Å². The first-order valence-electron chi connectivity index (χ1n) is 11.9. The molecule has 2 N–H and O–H groups in total. The third kappa shape index (κ3) is 4.71. The molecule has 0 unspecified atom stereocenters. The first kappa shape index (κ1) is 23.9. The first-order valence-corrected chi connectivity index (χ1v) is 11.9. The van der Waals surface area contributed by atoms with E-state index in [1.165, 1.54) is 10.5 Å². The summed E-state index contributed by atoms with van der Waals surface area (Å²) in [5.74, 6) is 0.314. The number of nitrogens with one attached hydrogen (secondary N) is 2. The number of aromatic nitrogens is 4. The lowest BCUT2D eigenvalue weighted by atomic mass is 10.1. The molecule has 9 heteroatoms. The van der Waals surface area contributed by atoms with E-state index in [-0.39, 0.29) is 28.5 Å². The van der Waals surface area contributed by atoms with Crippen LogP contribution in [0.3, 0.4) is 0 Å². The van der Waals surface area contributed by atoms with Crippen molar-refractivity contribution in [2.45, 2.75) is 26.4 Å². The van der Waals surface area contributed by atoms with Gasteiger partial charge in [-0.2, -0.15) is 0 Å². The van der Waals surface area contributed by atoms with Crippen LogP contribution < -0.4 is 21.1 Å². The molecule has 4 aromatic heterocycles. The predicted molar refractivity (Wildman–Crippen MR) is 140 cm³/mol. The standard InChI is InChI=1S/C28H26N6O3/c1-18-5-4-13-34-25(18)32-26-23(28(34)36)15-22(27(35)31-17-20-6-3-12-30-16-20)24(29)33(26)14-11-19-7-9-21(37-2)10-8-19/h3-10,12-13,15-16,29H,11,14,17H2,1-2H3,(H,31,35). The fourth-order valence-electron chi connectivity index (χ4n) is 4.30. The topological polar surface area (TPSA) is 114 Å². The van der Waals surface area contributed by atoms with Crippen LogP contribution in [0, 0.1) is 12.3 Å². The highest BCUT2D eigenvalue weighted by molar-refractivity contribution is 5.96. The van der Waals surface area contributed by atoms with Crippen LogP contribution in [0.1, 0.15) is 27.0 Å². The number of aryl methyl sites for hydroxylation is 3. The van der Waals surface area contributed by atoms with Gasteiger partial charge in [0, 0.05) is 31.7 Å². The molecular weight excluding hydrogens is 468 g/mol. The van der Waals surface area contributed by atoms with Gasteiger partial charge in [0.05, 0.1) is 18.1 Å². The second-order valence-electron chi connectivity index (χ2n) is 8.74. The summed E-state index contributed by atoms with van der Waals surface area (Å²) in [6.07, 6.45) is 5.57. The van der Waals surface area contributed by atoms with Gasteiger partial charge < -0.3 is 14.6 Å². The van der Waals surface area contributed by atoms with Crippen molar-refractivity contribution in [2.75, 3.05) is 7.11 Å². The molecule has 0 bridgehead atoms. The number of nitrogens with zero attached hydrogens (tertiary/aromatic N) is 4. The fourth-order valence-corrected chi connectivity index (χ4v) is 4.30. The van der Waals surface area contributed by atoms with Crippen molar-refractivity contribution in [3.63, 3.8) is 0 Å². The van der Waals surface area contributed by atoms with Crippen LogP contribution in [0.25, 0.3) is 16.7 Å². The summed E-state index contributed by atoms with van der Waals surface area (Å²) >= 11 is 0. The maximum Gasteiger partial charge on any atom is 0.267 e. The minimum Gasteiger partial charge on any atom is -0.497 e. The molecule has 1 aromatic carbocycles.